The van der Waals surface area contributed by atoms with Gasteiger partial charge < -0.3 is 4.90 Å². The van der Waals surface area contributed by atoms with Crippen molar-refractivity contribution < 1.29 is 0 Å². The van der Waals surface area contributed by atoms with Gasteiger partial charge in [0, 0.05) is 19.6 Å². The molecule has 1 saturated carbocycles. The highest BCUT2D eigenvalue weighted by atomic mass is 32.1. The van der Waals surface area contributed by atoms with Crippen molar-refractivity contribution in [1.82, 2.24) is 14.8 Å². The van der Waals surface area contributed by atoms with Crippen molar-refractivity contribution in [3.8, 4) is 6.07 Å². The van der Waals surface area contributed by atoms with Gasteiger partial charge in [-0.1, -0.05) is 0 Å². The van der Waals surface area contributed by atoms with Gasteiger partial charge in [0.05, 0.1) is 12.5 Å². The molecule has 1 N–H and O–H groups in total. The summed E-state index contributed by atoms with van der Waals surface area (Å²) in [6, 6.07) is 2.63. The Morgan fingerprint density at radius 3 is 3.07 bits per heavy atom. The Balaban J connectivity index is 2.20. The number of anilines is 1. The minimum absolute atomic E-state index is 0.501. The van der Waals surface area contributed by atoms with Crippen molar-refractivity contribution in [1.29, 1.82) is 5.26 Å². The van der Waals surface area contributed by atoms with Gasteiger partial charge in [-0.15, -0.1) is 5.10 Å². The smallest absolute Gasteiger partial charge is 0.225 e. The number of H-pyrrole nitrogens is 1. The van der Waals surface area contributed by atoms with E-state index in [9.17, 15) is 0 Å². The molecular weight excluding hydrogens is 210 g/mol. The van der Waals surface area contributed by atoms with Crippen LogP contribution >= 0.6 is 12.2 Å². The van der Waals surface area contributed by atoms with Gasteiger partial charge in [-0.05, 0) is 25.1 Å². The van der Waals surface area contributed by atoms with Crippen molar-refractivity contribution in [2.24, 2.45) is 0 Å². The summed E-state index contributed by atoms with van der Waals surface area (Å²) in [5.74, 6) is 0.845. The molecule has 1 heterocycles. The minimum atomic E-state index is 0.501. The van der Waals surface area contributed by atoms with Crippen LogP contribution in [0.3, 0.4) is 0 Å². The third-order valence-electron chi connectivity index (χ3n) is 2.50. The van der Waals surface area contributed by atoms with Crippen molar-refractivity contribution in [2.75, 3.05) is 18.5 Å². The van der Waals surface area contributed by atoms with Gasteiger partial charge in [0.15, 0.2) is 4.77 Å². The monoisotopic (exact) mass is 223 g/mol. The summed E-state index contributed by atoms with van der Waals surface area (Å²) in [6.45, 7) is 0.683. The zero-order valence-electron chi connectivity index (χ0n) is 8.60. The van der Waals surface area contributed by atoms with E-state index in [1.165, 1.54) is 12.8 Å². The lowest BCUT2D eigenvalue weighted by atomic mass is 10.4. The van der Waals surface area contributed by atoms with Crippen molar-refractivity contribution >= 4 is 18.2 Å². The van der Waals surface area contributed by atoms with Crippen LogP contribution in [0, 0.1) is 16.1 Å². The maximum absolute atomic E-state index is 8.53. The lowest BCUT2D eigenvalue weighted by molar-refractivity contribution is 0.701. The molecule has 2 rings (SSSR count). The molecule has 15 heavy (non-hydrogen) atoms. The lowest BCUT2D eigenvalue weighted by Crippen LogP contribution is -2.22. The normalized spacial score (nSPS) is 14.9. The van der Waals surface area contributed by atoms with Gasteiger partial charge in [-0.25, -0.2) is 5.10 Å². The first-order valence-electron chi connectivity index (χ1n) is 4.99. The van der Waals surface area contributed by atoms with E-state index in [0.717, 1.165) is 5.95 Å². The SMILES string of the molecule is CN(CCC#N)c1n[nH]c(=S)n1C1CC1. The summed E-state index contributed by atoms with van der Waals surface area (Å²) in [6.07, 6.45) is 2.85. The predicted molar refractivity (Wildman–Crippen MR) is 59.2 cm³/mol. The molecule has 0 spiro atoms. The fourth-order valence-corrected chi connectivity index (χ4v) is 1.82. The van der Waals surface area contributed by atoms with Crippen LogP contribution in [0.5, 0.6) is 0 Å². The number of aromatic amines is 1. The van der Waals surface area contributed by atoms with E-state index in [4.69, 9.17) is 17.5 Å². The first-order chi connectivity index (χ1) is 7.24. The number of nitrogens with zero attached hydrogens (tertiary/aromatic N) is 4. The second kappa shape index (κ2) is 4.03. The van der Waals surface area contributed by atoms with E-state index in [1.54, 1.807) is 0 Å². The Kier molecular flexibility index (Phi) is 2.73. The number of rotatable bonds is 4. The first-order valence-corrected chi connectivity index (χ1v) is 5.40. The second-order valence-electron chi connectivity index (χ2n) is 3.76. The summed E-state index contributed by atoms with van der Waals surface area (Å²) < 4.78 is 2.73. The van der Waals surface area contributed by atoms with Crippen LogP contribution in [-0.4, -0.2) is 28.4 Å². The number of nitriles is 1. The number of nitrogens with one attached hydrogen (secondary N) is 1. The molecule has 0 unspecified atom stereocenters. The van der Waals surface area contributed by atoms with Gasteiger partial charge in [-0.3, -0.25) is 4.57 Å². The highest BCUT2D eigenvalue weighted by molar-refractivity contribution is 7.71. The maximum atomic E-state index is 8.53. The van der Waals surface area contributed by atoms with Gasteiger partial charge in [0.25, 0.3) is 0 Å². The molecule has 1 fully saturated rings. The molecule has 5 nitrogen and oxygen atoms in total. The molecule has 0 amide bonds. The number of hydrogen-bond acceptors (Lipinski definition) is 4. The Hall–Kier alpha value is -1.35. The second-order valence-corrected chi connectivity index (χ2v) is 4.15. The Bertz CT molecular complexity index is 436. The maximum Gasteiger partial charge on any atom is 0.225 e. The van der Waals surface area contributed by atoms with Crippen LogP contribution in [0.25, 0.3) is 0 Å². The molecular formula is C9H13N5S. The summed E-state index contributed by atoms with van der Waals surface area (Å²) in [4.78, 5) is 1.97. The van der Waals surface area contributed by atoms with E-state index in [1.807, 2.05) is 16.5 Å². The molecule has 0 atom stereocenters. The van der Waals surface area contributed by atoms with Crippen LogP contribution in [0.1, 0.15) is 25.3 Å². The number of aromatic nitrogens is 3. The molecule has 0 aliphatic heterocycles. The predicted octanol–water partition coefficient (Wildman–Crippen LogP) is 1.63. The van der Waals surface area contributed by atoms with Crippen LogP contribution in [0.15, 0.2) is 0 Å². The van der Waals surface area contributed by atoms with Gasteiger partial charge in [0.2, 0.25) is 5.95 Å². The third kappa shape index (κ3) is 2.02. The summed E-state index contributed by atoms with van der Waals surface area (Å²) in [7, 11) is 1.93. The third-order valence-corrected chi connectivity index (χ3v) is 2.79. The van der Waals surface area contributed by atoms with E-state index in [2.05, 4.69) is 16.3 Å². The van der Waals surface area contributed by atoms with E-state index in [-0.39, 0.29) is 0 Å². The van der Waals surface area contributed by atoms with Crippen LogP contribution < -0.4 is 4.90 Å². The molecule has 0 radical (unpaired) electrons. The molecule has 1 aromatic heterocycles. The van der Waals surface area contributed by atoms with E-state index >= 15 is 0 Å². The lowest BCUT2D eigenvalue weighted by Gasteiger charge is -2.16. The zero-order valence-corrected chi connectivity index (χ0v) is 9.42. The molecule has 6 heteroatoms. The Morgan fingerprint density at radius 1 is 1.73 bits per heavy atom. The van der Waals surface area contributed by atoms with Crippen molar-refractivity contribution in [3.05, 3.63) is 4.77 Å². The molecule has 0 aromatic carbocycles. The fourth-order valence-electron chi connectivity index (χ4n) is 1.55. The van der Waals surface area contributed by atoms with Gasteiger partial charge >= 0.3 is 0 Å². The molecule has 1 aliphatic rings. The van der Waals surface area contributed by atoms with Crippen molar-refractivity contribution in [3.63, 3.8) is 0 Å². The standard InChI is InChI=1S/C9H13N5S/c1-13(6-2-5-10)8-11-12-9(15)14(8)7-3-4-7/h7H,2-4,6H2,1H3,(H,12,15). The number of hydrogen-bond donors (Lipinski definition) is 1. The zero-order chi connectivity index (χ0) is 10.8. The highest BCUT2D eigenvalue weighted by Gasteiger charge is 2.28. The largest absolute Gasteiger partial charge is 0.343 e. The average molecular weight is 223 g/mol. The van der Waals surface area contributed by atoms with Gasteiger partial charge in [-0.2, -0.15) is 5.26 Å². The fraction of sp³-hybridized carbons (Fsp3) is 0.667. The molecule has 0 saturated heterocycles. The van der Waals surface area contributed by atoms with Crippen LogP contribution in [0.4, 0.5) is 5.95 Å². The van der Waals surface area contributed by atoms with Crippen molar-refractivity contribution in [2.45, 2.75) is 25.3 Å². The Labute approximate surface area is 93.3 Å². The quantitative estimate of drug-likeness (QED) is 0.788. The topological polar surface area (TPSA) is 60.6 Å². The summed E-state index contributed by atoms with van der Waals surface area (Å²) in [5, 5.41) is 15.5. The van der Waals surface area contributed by atoms with Crippen LogP contribution in [-0.2, 0) is 0 Å². The summed E-state index contributed by atoms with van der Waals surface area (Å²) >= 11 is 5.17. The van der Waals surface area contributed by atoms with Crippen LogP contribution in [0.2, 0.25) is 0 Å². The molecule has 1 aliphatic carbocycles. The average Bonchev–Trinajstić information content (AvgIpc) is 2.99. The summed E-state index contributed by atoms with van der Waals surface area (Å²) in [5.41, 5.74) is 0. The first kappa shape index (κ1) is 10.2. The van der Waals surface area contributed by atoms with Gasteiger partial charge in [0.1, 0.15) is 0 Å². The molecule has 1 aromatic rings. The highest BCUT2D eigenvalue weighted by Crippen LogP contribution is 2.37. The van der Waals surface area contributed by atoms with E-state index in [0.29, 0.717) is 23.8 Å². The van der Waals surface area contributed by atoms with E-state index < -0.39 is 0 Å². The Morgan fingerprint density at radius 2 is 2.47 bits per heavy atom. The molecule has 0 bridgehead atoms. The molecule has 80 valence electrons. The minimum Gasteiger partial charge on any atom is -0.343 e.